The number of halogens is 2. The molecule has 1 aromatic heterocycles. The molecular weight excluding hydrogens is 366 g/mol. The minimum Gasteiger partial charge on any atom is -0.337 e. The molecule has 8 heteroatoms. The van der Waals surface area contributed by atoms with Gasteiger partial charge in [-0.05, 0) is 31.9 Å². The first-order valence-electron chi connectivity index (χ1n) is 8.94. The average Bonchev–Trinajstić information content (AvgIpc) is 3.33. The quantitative estimate of drug-likeness (QED) is 0.711. The van der Waals surface area contributed by atoms with Gasteiger partial charge in [0.1, 0.15) is 17.7 Å². The van der Waals surface area contributed by atoms with E-state index < -0.39 is 23.7 Å². The van der Waals surface area contributed by atoms with Gasteiger partial charge in [-0.25, -0.2) is 13.6 Å². The van der Waals surface area contributed by atoms with E-state index in [9.17, 15) is 13.6 Å². The van der Waals surface area contributed by atoms with Crippen molar-refractivity contribution >= 4 is 11.7 Å². The number of nitrogens with one attached hydrogen (secondary N) is 1. The zero-order valence-corrected chi connectivity index (χ0v) is 15.2. The van der Waals surface area contributed by atoms with Gasteiger partial charge in [0.25, 0.3) is 0 Å². The molecule has 6 nitrogen and oxygen atoms in total. The van der Waals surface area contributed by atoms with Gasteiger partial charge < -0.3 is 14.7 Å². The molecule has 0 aliphatic carbocycles. The molecule has 1 atom stereocenters. The van der Waals surface area contributed by atoms with Gasteiger partial charge >= 0.3 is 6.03 Å². The van der Waals surface area contributed by atoms with Crippen molar-refractivity contribution in [2.24, 2.45) is 0 Å². The van der Waals surface area contributed by atoms with Crippen LogP contribution in [0.5, 0.6) is 0 Å². The summed E-state index contributed by atoms with van der Waals surface area (Å²) in [6, 6.07) is 9.83. The van der Waals surface area contributed by atoms with Gasteiger partial charge in [-0.2, -0.15) is 4.98 Å². The monoisotopic (exact) mass is 384 g/mol. The average molecular weight is 384 g/mol. The molecule has 28 heavy (non-hydrogen) atoms. The summed E-state index contributed by atoms with van der Waals surface area (Å²) >= 11 is 0. The number of likely N-dealkylation sites (tertiary alicyclic amines) is 1. The van der Waals surface area contributed by atoms with Crippen LogP contribution in [0, 0.1) is 18.6 Å². The number of carbonyl (C=O) groups excluding carboxylic acids is 1. The van der Waals surface area contributed by atoms with Crippen LogP contribution < -0.4 is 5.32 Å². The zero-order valence-electron chi connectivity index (χ0n) is 15.2. The number of hydrogen-bond donors (Lipinski definition) is 1. The molecule has 0 saturated carbocycles. The maximum Gasteiger partial charge on any atom is 0.322 e. The Morgan fingerprint density at radius 2 is 2.00 bits per heavy atom. The molecule has 2 amide bonds. The minimum atomic E-state index is -0.830. The molecule has 0 bridgehead atoms. The van der Waals surface area contributed by atoms with Gasteiger partial charge in [0.05, 0.1) is 5.69 Å². The number of carbonyl (C=O) groups is 1. The van der Waals surface area contributed by atoms with Gasteiger partial charge in [-0.1, -0.05) is 35.0 Å². The summed E-state index contributed by atoms with van der Waals surface area (Å²) in [5.74, 6) is -0.748. The lowest BCUT2D eigenvalue weighted by Gasteiger charge is -2.22. The Kier molecular flexibility index (Phi) is 4.77. The Hall–Kier alpha value is -3.29. The van der Waals surface area contributed by atoms with E-state index in [1.54, 1.807) is 0 Å². The molecule has 1 saturated heterocycles. The summed E-state index contributed by atoms with van der Waals surface area (Å²) < 4.78 is 32.3. The van der Waals surface area contributed by atoms with E-state index >= 15 is 0 Å². The highest BCUT2D eigenvalue weighted by Gasteiger charge is 2.34. The summed E-state index contributed by atoms with van der Waals surface area (Å²) in [6.45, 7) is 2.46. The van der Waals surface area contributed by atoms with Crippen LogP contribution >= 0.6 is 0 Å². The number of nitrogens with zero attached hydrogens (tertiary/aromatic N) is 3. The van der Waals surface area contributed by atoms with E-state index in [2.05, 4.69) is 15.5 Å². The van der Waals surface area contributed by atoms with Crippen molar-refractivity contribution in [2.75, 3.05) is 11.9 Å². The second-order valence-corrected chi connectivity index (χ2v) is 6.73. The van der Waals surface area contributed by atoms with Crippen LogP contribution in [-0.4, -0.2) is 27.6 Å². The van der Waals surface area contributed by atoms with Crippen molar-refractivity contribution in [3.63, 3.8) is 0 Å². The molecule has 3 aromatic rings. The van der Waals surface area contributed by atoms with Crippen LogP contribution in [0.25, 0.3) is 11.4 Å². The smallest absolute Gasteiger partial charge is 0.322 e. The third kappa shape index (κ3) is 3.58. The van der Waals surface area contributed by atoms with Gasteiger partial charge in [0.2, 0.25) is 11.7 Å². The Morgan fingerprint density at radius 1 is 1.21 bits per heavy atom. The number of benzene rings is 2. The highest BCUT2D eigenvalue weighted by atomic mass is 19.1. The molecule has 2 aromatic carbocycles. The second kappa shape index (κ2) is 7.38. The van der Waals surface area contributed by atoms with Crippen molar-refractivity contribution in [3.05, 3.63) is 65.6 Å². The summed E-state index contributed by atoms with van der Waals surface area (Å²) in [4.78, 5) is 18.6. The van der Waals surface area contributed by atoms with Crippen LogP contribution in [0.2, 0.25) is 0 Å². The maximum absolute atomic E-state index is 13.8. The molecule has 0 radical (unpaired) electrons. The van der Waals surface area contributed by atoms with Gasteiger partial charge in [-0.3, -0.25) is 0 Å². The normalized spacial score (nSPS) is 16.4. The number of rotatable bonds is 3. The Balaban J connectivity index is 1.52. The fraction of sp³-hybridized carbons (Fsp3) is 0.250. The minimum absolute atomic E-state index is 0.0806. The summed E-state index contributed by atoms with van der Waals surface area (Å²) in [7, 11) is 0. The number of amides is 2. The predicted octanol–water partition coefficient (Wildman–Crippen LogP) is 4.69. The third-order valence-electron chi connectivity index (χ3n) is 4.72. The largest absolute Gasteiger partial charge is 0.337 e. The van der Waals surface area contributed by atoms with E-state index in [1.807, 2.05) is 31.2 Å². The topological polar surface area (TPSA) is 71.3 Å². The first-order chi connectivity index (χ1) is 13.5. The van der Waals surface area contributed by atoms with Crippen molar-refractivity contribution in [2.45, 2.75) is 25.8 Å². The van der Waals surface area contributed by atoms with Crippen LogP contribution in [0.15, 0.2) is 47.0 Å². The molecule has 2 heterocycles. The van der Waals surface area contributed by atoms with Crippen molar-refractivity contribution in [1.82, 2.24) is 15.0 Å². The molecule has 1 N–H and O–H groups in total. The zero-order chi connectivity index (χ0) is 19.7. The fourth-order valence-electron chi connectivity index (χ4n) is 3.23. The summed E-state index contributed by atoms with van der Waals surface area (Å²) in [6.07, 6.45) is 1.42. The van der Waals surface area contributed by atoms with E-state index in [1.165, 1.54) is 11.0 Å². The van der Waals surface area contributed by atoms with Crippen molar-refractivity contribution < 1.29 is 18.1 Å². The number of urea groups is 1. The highest BCUT2D eigenvalue weighted by molar-refractivity contribution is 5.89. The predicted molar refractivity (Wildman–Crippen MR) is 98.5 cm³/mol. The Morgan fingerprint density at radius 3 is 2.75 bits per heavy atom. The molecule has 1 fully saturated rings. The molecule has 0 spiro atoms. The lowest BCUT2D eigenvalue weighted by molar-refractivity contribution is 0.193. The molecule has 144 valence electrons. The lowest BCUT2D eigenvalue weighted by atomic mass is 10.1. The standard InChI is InChI=1S/C20H18F2N4O2/c1-12-4-6-13(7-5-12)18-24-19(28-25-18)17-3-2-10-26(17)20(27)23-16-9-8-14(21)11-15(16)22/h4-9,11,17H,2-3,10H2,1H3,(H,23,27)/t17-/m1/s1. The lowest BCUT2D eigenvalue weighted by Crippen LogP contribution is -2.34. The first-order valence-corrected chi connectivity index (χ1v) is 8.94. The number of hydrogen-bond acceptors (Lipinski definition) is 4. The number of aromatic nitrogens is 2. The van der Waals surface area contributed by atoms with E-state index in [-0.39, 0.29) is 5.69 Å². The van der Waals surface area contributed by atoms with Crippen LogP contribution in [0.3, 0.4) is 0 Å². The van der Waals surface area contributed by atoms with Gasteiger partial charge in [0, 0.05) is 18.2 Å². The molecular formula is C20H18F2N4O2. The van der Waals surface area contributed by atoms with Crippen LogP contribution in [0.4, 0.5) is 19.3 Å². The molecule has 1 aliphatic rings. The van der Waals surface area contributed by atoms with E-state index in [0.29, 0.717) is 24.7 Å². The maximum atomic E-state index is 13.8. The number of anilines is 1. The Labute approximate surface area is 160 Å². The van der Waals surface area contributed by atoms with Gasteiger partial charge in [0.15, 0.2) is 0 Å². The summed E-state index contributed by atoms with van der Waals surface area (Å²) in [5, 5.41) is 6.50. The molecule has 1 aliphatic heterocycles. The first kappa shape index (κ1) is 18.1. The van der Waals surface area contributed by atoms with Crippen LogP contribution in [-0.2, 0) is 0 Å². The van der Waals surface area contributed by atoms with Crippen LogP contribution in [0.1, 0.15) is 30.3 Å². The number of aryl methyl sites for hydroxylation is 1. The van der Waals surface area contributed by atoms with E-state index in [0.717, 1.165) is 29.7 Å². The SMILES string of the molecule is Cc1ccc(-c2noc([C@H]3CCCN3C(=O)Nc3ccc(F)cc3F)n2)cc1. The second-order valence-electron chi connectivity index (χ2n) is 6.73. The van der Waals surface area contributed by atoms with E-state index in [4.69, 9.17) is 4.52 Å². The summed E-state index contributed by atoms with van der Waals surface area (Å²) in [5.41, 5.74) is 1.87. The Bertz CT molecular complexity index is 1000. The van der Waals surface area contributed by atoms with Crippen molar-refractivity contribution in [3.8, 4) is 11.4 Å². The fourth-order valence-corrected chi connectivity index (χ4v) is 3.23. The molecule has 4 rings (SSSR count). The van der Waals surface area contributed by atoms with Crippen molar-refractivity contribution in [1.29, 1.82) is 0 Å². The van der Waals surface area contributed by atoms with Gasteiger partial charge in [-0.15, -0.1) is 0 Å². The molecule has 0 unspecified atom stereocenters. The third-order valence-corrected chi connectivity index (χ3v) is 4.72. The highest BCUT2D eigenvalue weighted by Crippen LogP contribution is 2.32.